The number of hydrogen-bond donors (Lipinski definition) is 1. The van der Waals surface area contributed by atoms with Crippen LogP contribution in [0.1, 0.15) is 27.6 Å². The molecule has 0 saturated carbocycles. The molecule has 2 aromatic carbocycles. The second kappa shape index (κ2) is 7.21. The van der Waals surface area contributed by atoms with Crippen LogP contribution in [-0.2, 0) is 11.2 Å². The predicted octanol–water partition coefficient (Wildman–Crippen LogP) is 3.57. The van der Waals surface area contributed by atoms with Crippen LogP contribution in [-0.4, -0.2) is 25.5 Å². The third-order valence-corrected chi connectivity index (χ3v) is 4.11. The molecule has 0 spiro atoms. The van der Waals surface area contributed by atoms with Crippen LogP contribution in [0.4, 0.5) is 4.39 Å². The van der Waals surface area contributed by atoms with E-state index in [1.807, 2.05) is 24.3 Å². The smallest absolute Gasteiger partial charge is 0.170 e. The van der Waals surface area contributed by atoms with Crippen molar-refractivity contribution in [2.45, 2.75) is 12.5 Å². The first-order valence-corrected chi connectivity index (χ1v) is 7.90. The van der Waals surface area contributed by atoms with Gasteiger partial charge in [-0.15, -0.1) is 0 Å². The SMILES string of the molecule is O=C(Cc1ccc(C2CNCCO2)cc1)c1ccc(Cl)cc1F. The normalized spacial score (nSPS) is 17.9. The molecule has 1 aliphatic rings. The monoisotopic (exact) mass is 333 g/mol. The van der Waals surface area contributed by atoms with Gasteiger partial charge in [-0.2, -0.15) is 0 Å². The molecule has 1 unspecified atom stereocenters. The first-order chi connectivity index (χ1) is 11.1. The molecule has 23 heavy (non-hydrogen) atoms. The molecule has 0 aliphatic carbocycles. The number of hydrogen-bond acceptors (Lipinski definition) is 3. The van der Waals surface area contributed by atoms with Gasteiger partial charge in [0, 0.05) is 24.5 Å². The molecule has 3 rings (SSSR count). The number of ketones is 1. The Hall–Kier alpha value is -1.75. The molecule has 2 aromatic rings. The molecule has 1 atom stereocenters. The van der Waals surface area contributed by atoms with Crippen LogP contribution >= 0.6 is 11.6 Å². The van der Waals surface area contributed by atoms with Gasteiger partial charge >= 0.3 is 0 Å². The van der Waals surface area contributed by atoms with Crippen LogP contribution in [0.25, 0.3) is 0 Å². The highest BCUT2D eigenvalue weighted by molar-refractivity contribution is 6.30. The van der Waals surface area contributed by atoms with E-state index in [0.29, 0.717) is 6.61 Å². The summed E-state index contributed by atoms with van der Waals surface area (Å²) >= 11 is 5.70. The summed E-state index contributed by atoms with van der Waals surface area (Å²) in [6, 6.07) is 11.8. The van der Waals surface area contributed by atoms with E-state index in [0.717, 1.165) is 30.3 Å². The van der Waals surface area contributed by atoms with Crippen molar-refractivity contribution in [1.82, 2.24) is 5.32 Å². The topological polar surface area (TPSA) is 38.3 Å². The van der Waals surface area contributed by atoms with E-state index < -0.39 is 5.82 Å². The van der Waals surface area contributed by atoms with E-state index in [2.05, 4.69) is 5.32 Å². The third kappa shape index (κ3) is 3.96. The van der Waals surface area contributed by atoms with E-state index in [1.165, 1.54) is 12.1 Å². The zero-order chi connectivity index (χ0) is 16.2. The van der Waals surface area contributed by atoms with Gasteiger partial charge in [0.05, 0.1) is 18.3 Å². The molecule has 120 valence electrons. The third-order valence-electron chi connectivity index (χ3n) is 3.88. The molecule has 0 amide bonds. The van der Waals surface area contributed by atoms with Gasteiger partial charge in [0.2, 0.25) is 0 Å². The zero-order valence-corrected chi connectivity index (χ0v) is 13.3. The fourth-order valence-corrected chi connectivity index (χ4v) is 2.78. The van der Waals surface area contributed by atoms with Gasteiger partial charge in [-0.05, 0) is 29.3 Å². The van der Waals surface area contributed by atoms with E-state index in [4.69, 9.17) is 16.3 Å². The van der Waals surface area contributed by atoms with Crippen molar-refractivity contribution in [2.24, 2.45) is 0 Å². The van der Waals surface area contributed by atoms with Gasteiger partial charge in [-0.1, -0.05) is 35.9 Å². The fraction of sp³-hybridized carbons (Fsp3) is 0.278. The van der Waals surface area contributed by atoms with Crippen LogP contribution in [0, 0.1) is 5.82 Å². The second-order valence-corrected chi connectivity index (χ2v) is 5.97. The Kier molecular flexibility index (Phi) is 5.06. The maximum atomic E-state index is 13.8. The summed E-state index contributed by atoms with van der Waals surface area (Å²) < 4.78 is 19.5. The highest BCUT2D eigenvalue weighted by Crippen LogP contribution is 2.21. The summed E-state index contributed by atoms with van der Waals surface area (Å²) in [6.07, 6.45) is 0.199. The largest absolute Gasteiger partial charge is 0.371 e. The van der Waals surface area contributed by atoms with Gasteiger partial charge in [-0.25, -0.2) is 4.39 Å². The molecule has 1 aliphatic heterocycles. The second-order valence-electron chi connectivity index (χ2n) is 5.53. The highest BCUT2D eigenvalue weighted by Gasteiger charge is 2.16. The van der Waals surface area contributed by atoms with Crippen molar-refractivity contribution in [3.05, 3.63) is 70.0 Å². The van der Waals surface area contributed by atoms with Gasteiger partial charge in [-0.3, -0.25) is 4.79 Å². The van der Waals surface area contributed by atoms with Crippen molar-refractivity contribution in [3.8, 4) is 0 Å². The standard InChI is InChI=1S/C18H17ClFNO2/c19-14-5-6-15(16(20)10-14)17(22)9-12-1-3-13(4-2-12)18-11-21-7-8-23-18/h1-6,10,18,21H,7-9,11H2. The first kappa shape index (κ1) is 16.1. The Labute approximate surface area is 139 Å². The Bertz CT molecular complexity index is 697. The van der Waals surface area contributed by atoms with Crippen LogP contribution < -0.4 is 5.32 Å². The Morgan fingerprint density at radius 1 is 1.26 bits per heavy atom. The summed E-state index contributed by atoms with van der Waals surface area (Å²) in [7, 11) is 0. The molecule has 0 radical (unpaired) electrons. The molecule has 0 aromatic heterocycles. The number of nitrogens with one attached hydrogen (secondary N) is 1. The molecule has 5 heteroatoms. The fourth-order valence-electron chi connectivity index (χ4n) is 2.63. The maximum absolute atomic E-state index is 13.8. The average molecular weight is 334 g/mol. The zero-order valence-electron chi connectivity index (χ0n) is 12.5. The number of carbonyl (C=O) groups is 1. The van der Waals surface area contributed by atoms with Gasteiger partial charge in [0.1, 0.15) is 5.82 Å². The number of halogens is 2. The molecule has 1 heterocycles. The van der Waals surface area contributed by atoms with Crippen LogP contribution in [0.5, 0.6) is 0 Å². The summed E-state index contributed by atoms with van der Waals surface area (Å²) in [5.41, 5.74) is 1.99. The average Bonchev–Trinajstić information content (AvgIpc) is 2.56. The van der Waals surface area contributed by atoms with Gasteiger partial charge < -0.3 is 10.1 Å². The molecule has 1 N–H and O–H groups in total. The first-order valence-electron chi connectivity index (χ1n) is 7.53. The van der Waals surface area contributed by atoms with Crippen LogP contribution in [0.15, 0.2) is 42.5 Å². The summed E-state index contributed by atoms with van der Waals surface area (Å²) in [6.45, 7) is 2.35. The number of Topliss-reactive ketones (excluding diaryl/α,β-unsaturated/α-hetero) is 1. The van der Waals surface area contributed by atoms with E-state index in [-0.39, 0.29) is 28.9 Å². The lowest BCUT2D eigenvalue weighted by molar-refractivity contribution is 0.0277. The van der Waals surface area contributed by atoms with E-state index in [9.17, 15) is 9.18 Å². The molecule has 1 saturated heterocycles. The quantitative estimate of drug-likeness (QED) is 0.869. The number of rotatable bonds is 4. The van der Waals surface area contributed by atoms with E-state index in [1.54, 1.807) is 0 Å². The molecule has 0 bridgehead atoms. The minimum atomic E-state index is -0.583. The molecular weight excluding hydrogens is 317 g/mol. The van der Waals surface area contributed by atoms with Crippen molar-refractivity contribution < 1.29 is 13.9 Å². The summed E-state index contributed by atoms with van der Waals surface area (Å²) in [5, 5.41) is 3.56. The molecule has 3 nitrogen and oxygen atoms in total. The Balaban J connectivity index is 1.69. The van der Waals surface area contributed by atoms with Gasteiger partial charge in [0.25, 0.3) is 0 Å². The summed E-state index contributed by atoms with van der Waals surface area (Å²) in [4.78, 5) is 12.2. The number of morpholine rings is 1. The summed E-state index contributed by atoms with van der Waals surface area (Å²) in [5.74, 6) is -0.844. The van der Waals surface area contributed by atoms with Crippen molar-refractivity contribution in [3.63, 3.8) is 0 Å². The lowest BCUT2D eigenvalue weighted by atomic mass is 10.00. The Morgan fingerprint density at radius 2 is 2.04 bits per heavy atom. The van der Waals surface area contributed by atoms with Crippen LogP contribution in [0.3, 0.4) is 0 Å². The van der Waals surface area contributed by atoms with Crippen molar-refractivity contribution >= 4 is 17.4 Å². The predicted molar refractivity (Wildman–Crippen MR) is 87.4 cm³/mol. The number of ether oxygens (including phenoxy) is 1. The molecular formula is C18H17ClFNO2. The number of carbonyl (C=O) groups excluding carboxylic acids is 1. The maximum Gasteiger partial charge on any atom is 0.170 e. The van der Waals surface area contributed by atoms with E-state index >= 15 is 0 Å². The minimum absolute atomic E-state index is 0.0437. The van der Waals surface area contributed by atoms with Crippen LogP contribution in [0.2, 0.25) is 5.02 Å². The Morgan fingerprint density at radius 3 is 2.70 bits per heavy atom. The minimum Gasteiger partial charge on any atom is -0.371 e. The van der Waals surface area contributed by atoms with Gasteiger partial charge in [0.15, 0.2) is 5.78 Å². The van der Waals surface area contributed by atoms with Crippen molar-refractivity contribution in [1.29, 1.82) is 0 Å². The lowest BCUT2D eigenvalue weighted by Gasteiger charge is -2.24. The lowest BCUT2D eigenvalue weighted by Crippen LogP contribution is -2.33. The molecule has 1 fully saturated rings. The number of benzene rings is 2. The van der Waals surface area contributed by atoms with Crippen molar-refractivity contribution in [2.75, 3.05) is 19.7 Å². The highest BCUT2D eigenvalue weighted by atomic mass is 35.5.